The summed E-state index contributed by atoms with van der Waals surface area (Å²) in [6.45, 7) is 0.656. The van der Waals surface area contributed by atoms with Crippen molar-refractivity contribution in [2.75, 3.05) is 6.54 Å². The molecule has 4 nitrogen and oxygen atoms in total. The number of hydrogen-bond acceptors (Lipinski definition) is 2. The van der Waals surface area contributed by atoms with Gasteiger partial charge in [-0.15, -0.1) is 0 Å². The predicted octanol–water partition coefficient (Wildman–Crippen LogP) is 2.47. The molecule has 0 bridgehead atoms. The number of carbonyl (C=O) groups excluding carboxylic acids is 1. The van der Waals surface area contributed by atoms with Gasteiger partial charge in [-0.05, 0) is 36.1 Å². The van der Waals surface area contributed by atoms with Crippen LogP contribution in [0.25, 0.3) is 0 Å². The highest BCUT2D eigenvalue weighted by Gasteiger charge is 2.03. The molecule has 1 N–H and O–H groups in total. The molecule has 0 aliphatic rings. The fraction of sp³-hybridized carbons (Fsp3) is 0.333. The zero-order chi connectivity index (χ0) is 14.4. The van der Waals surface area contributed by atoms with Gasteiger partial charge < -0.3 is 5.32 Å². The van der Waals surface area contributed by atoms with Crippen LogP contribution in [0.1, 0.15) is 17.5 Å². The molecule has 1 heterocycles. The minimum absolute atomic E-state index is 0.0915. The Morgan fingerprint density at radius 2 is 2.20 bits per heavy atom. The molecule has 20 heavy (non-hydrogen) atoms. The Morgan fingerprint density at radius 3 is 2.90 bits per heavy atom. The maximum Gasteiger partial charge on any atom is 0.220 e. The summed E-state index contributed by atoms with van der Waals surface area (Å²) in [7, 11) is 1.89. The lowest BCUT2D eigenvalue weighted by Gasteiger charge is -2.05. The number of nitrogens with one attached hydrogen (secondary N) is 1. The first-order valence-corrected chi connectivity index (χ1v) is 7.41. The molecule has 0 radical (unpaired) electrons. The van der Waals surface area contributed by atoms with Crippen molar-refractivity contribution in [3.63, 3.8) is 0 Å². The molecule has 0 aliphatic heterocycles. The maximum atomic E-state index is 11.8. The minimum Gasteiger partial charge on any atom is -0.356 e. The number of rotatable bonds is 6. The molecule has 1 amide bonds. The molecule has 0 fully saturated rings. The third kappa shape index (κ3) is 4.81. The summed E-state index contributed by atoms with van der Waals surface area (Å²) in [6.07, 6.45) is 5.89. The van der Waals surface area contributed by atoms with Crippen LogP contribution >= 0.6 is 15.9 Å². The van der Waals surface area contributed by atoms with Gasteiger partial charge in [-0.1, -0.05) is 28.1 Å². The minimum atomic E-state index is 0.0915. The summed E-state index contributed by atoms with van der Waals surface area (Å²) in [4.78, 5) is 11.8. The van der Waals surface area contributed by atoms with Crippen LogP contribution in [0.4, 0.5) is 0 Å². The quantitative estimate of drug-likeness (QED) is 0.881. The molecular weight excluding hydrogens is 318 g/mol. The Kier molecular flexibility index (Phi) is 5.35. The summed E-state index contributed by atoms with van der Waals surface area (Å²) in [5.74, 6) is 0.0915. The monoisotopic (exact) mass is 335 g/mol. The van der Waals surface area contributed by atoms with Crippen molar-refractivity contribution in [3.05, 3.63) is 52.3 Å². The van der Waals surface area contributed by atoms with Gasteiger partial charge in [0.1, 0.15) is 0 Å². The Labute approximate surface area is 127 Å². The lowest BCUT2D eigenvalue weighted by Crippen LogP contribution is -2.25. The molecule has 0 unspecified atom stereocenters. The Morgan fingerprint density at radius 1 is 1.35 bits per heavy atom. The van der Waals surface area contributed by atoms with E-state index < -0.39 is 0 Å². The zero-order valence-electron chi connectivity index (χ0n) is 11.5. The van der Waals surface area contributed by atoms with Crippen LogP contribution in [0.5, 0.6) is 0 Å². The van der Waals surface area contributed by atoms with E-state index in [1.54, 1.807) is 4.68 Å². The molecule has 0 aliphatic carbocycles. The van der Waals surface area contributed by atoms with Crippen molar-refractivity contribution in [1.82, 2.24) is 15.1 Å². The van der Waals surface area contributed by atoms with Crippen LogP contribution in [0.15, 0.2) is 41.1 Å². The first-order valence-electron chi connectivity index (χ1n) is 6.62. The van der Waals surface area contributed by atoms with E-state index in [0.29, 0.717) is 13.0 Å². The van der Waals surface area contributed by atoms with Crippen LogP contribution < -0.4 is 5.32 Å². The van der Waals surface area contributed by atoms with Crippen LogP contribution in [0.3, 0.4) is 0 Å². The molecule has 1 aromatic carbocycles. The molecule has 106 valence electrons. The second-order valence-corrected chi connectivity index (χ2v) is 5.67. The maximum absolute atomic E-state index is 11.8. The van der Waals surface area contributed by atoms with Gasteiger partial charge in [0.05, 0.1) is 6.20 Å². The number of carbonyl (C=O) groups is 1. The third-order valence-electron chi connectivity index (χ3n) is 3.02. The molecule has 0 spiro atoms. The summed E-state index contributed by atoms with van der Waals surface area (Å²) >= 11 is 3.43. The number of halogens is 1. The van der Waals surface area contributed by atoms with Gasteiger partial charge in [-0.3, -0.25) is 9.48 Å². The van der Waals surface area contributed by atoms with E-state index in [-0.39, 0.29) is 5.91 Å². The number of aryl methyl sites for hydroxylation is 2. The first kappa shape index (κ1) is 14.8. The second kappa shape index (κ2) is 7.24. The second-order valence-electron chi connectivity index (χ2n) is 4.75. The first-order chi connectivity index (χ1) is 9.63. The topological polar surface area (TPSA) is 46.9 Å². The Bertz CT molecular complexity index is 580. The fourth-order valence-electron chi connectivity index (χ4n) is 1.99. The fourth-order valence-corrected chi connectivity index (χ4v) is 2.43. The van der Waals surface area contributed by atoms with Gasteiger partial charge in [0.15, 0.2) is 0 Å². The normalized spacial score (nSPS) is 10.5. The Balaban J connectivity index is 1.68. The predicted molar refractivity (Wildman–Crippen MR) is 82.4 cm³/mol. The summed E-state index contributed by atoms with van der Waals surface area (Å²) in [6, 6.07) is 8.05. The number of hydrogen-bond donors (Lipinski definition) is 1. The molecule has 0 saturated heterocycles. The summed E-state index contributed by atoms with van der Waals surface area (Å²) in [5, 5.41) is 7.04. The lowest BCUT2D eigenvalue weighted by atomic mass is 10.1. The van der Waals surface area contributed by atoms with E-state index in [9.17, 15) is 4.79 Å². The van der Waals surface area contributed by atoms with Crippen molar-refractivity contribution in [2.24, 2.45) is 7.05 Å². The van der Waals surface area contributed by atoms with E-state index in [1.165, 1.54) is 5.56 Å². The van der Waals surface area contributed by atoms with Gasteiger partial charge in [-0.2, -0.15) is 5.10 Å². The summed E-state index contributed by atoms with van der Waals surface area (Å²) in [5.41, 5.74) is 2.31. The molecule has 5 heteroatoms. The highest BCUT2D eigenvalue weighted by atomic mass is 79.9. The standard InChI is InChI=1S/C15H18BrN3O/c1-19-11-13(10-18-19)7-8-17-15(20)6-5-12-3-2-4-14(16)9-12/h2-4,9-11H,5-8H2,1H3,(H,17,20). The average Bonchev–Trinajstić information content (AvgIpc) is 2.82. The van der Waals surface area contributed by atoms with E-state index in [1.807, 2.05) is 43.7 Å². The highest BCUT2D eigenvalue weighted by Crippen LogP contribution is 2.12. The van der Waals surface area contributed by atoms with Gasteiger partial charge >= 0.3 is 0 Å². The number of amides is 1. The molecule has 0 saturated carbocycles. The number of benzene rings is 1. The van der Waals surface area contributed by atoms with E-state index in [0.717, 1.165) is 22.9 Å². The van der Waals surface area contributed by atoms with Gasteiger partial charge in [0, 0.05) is 30.7 Å². The van der Waals surface area contributed by atoms with Crippen LogP contribution in [0, 0.1) is 0 Å². The number of aromatic nitrogens is 2. The molecule has 0 atom stereocenters. The SMILES string of the molecule is Cn1cc(CCNC(=O)CCc2cccc(Br)c2)cn1. The van der Waals surface area contributed by atoms with Gasteiger partial charge in [0.2, 0.25) is 5.91 Å². The van der Waals surface area contributed by atoms with Crippen LogP contribution in [-0.4, -0.2) is 22.2 Å². The van der Waals surface area contributed by atoms with Crippen LogP contribution in [0.2, 0.25) is 0 Å². The molecule has 2 aromatic rings. The lowest BCUT2D eigenvalue weighted by molar-refractivity contribution is -0.121. The zero-order valence-corrected chi connectivity index (χ0v) is 13.1. The molecule has 2 rings (SSSR count). The largest absolute Gasteiger partial charge is 0.356 e. The van der Waals surface area contributed by atoms with Gasteiger partial charge in [0.25, 0.3) is 0 Å². The van der Waals surface area contributed by atoms with E-state index in [4.69, 9.17) is 0 Å². The van der Waals surface area contributed by atoms with Crippen molar-refractivity contribution >= 4 is 21.8 Å². The van der Waals surface area contributed by atoms with Crippen molar-refractivity contribution in [2.45, 2.75) is 19.3 Å². The highest BCUT2D eigenvalue weighted by molar-refractivity contribution is 9.10. The average molecular weight is 336 g/mol. The van der Waals surface area contributed by atoms with Crippen LogP contribution in [-0.2, 0) is 24.7 Å². The Hall–Kier alpha value is -1.62. The summed E-state index contributed by atoms with van der Waals surface area (Å²) < 4.78 is 2.82. The van der Waals surface area contributed by atoms with Gasteiger partial charge in [-0.25, -0.2) is 0 Å². The molecular formula is C15H18BrN3O. The molecule has 1 aromatic heterocycles. The van der Waals surface area contributed by atoms with Crippen molar-refractivity contribution in [3.8, 4) is 0 Å². The van der Waals surface area contributed by atoms with E-state index in [2.05, 4.69) is 26.3 Å². The van der Waals surface area contributed by atoms with E-state index >= 15 is 0 Å². The third-order valence-corrected chi connectivity index (χ3v) is 3.52. The number of nitrogens with zero attached hydrogens (tertiary/aromatic N) is 2. The smallest absolute Gasteiger partial charge is 0.220 e. The van der Waals surface area contributed by atoms with Crippen molar-refractivity contribution in [1.29, 1.82) is 0 Å². The van der Waals surface area contributed by atoms with Crippen molar-refractivity contribution < 1.29 is 4.79 Å².